The van der Waals surface area contributed by atoms with E-state index in [9.17, 15) is 0 Å². The molecule has 2 atom stereocenters. The number of hydrogen-bond acceptors (Lipinski definition) is 4. The van der Waals surface area contributed by atoms with Crippen molar-refractivity contribution < 1.29 is 0 Å². The van der Waals surface area contributed by atoms with E-state index in [1.807, 2.05) is 0 Å². The largest absolute Gasteiger partial charge is 0.343 e. The molecule has 0 amide bonds. The maximum Gasteiger partial charge on any atom is 0.207 e. The van der Waals surface area contributed by atoms with Gasteiger partial charge in [-0.2, -0.15) is 0 Å². The van der Waals surface area contributed by atoms with Gasteiger partial charge in [-0.15, -0.1) is 5.10 Å². The predicted octanol–water partition coefficient (Wildman–Crippen LogP) is 2.19. The molecule has 2 heterocycles. The lowest BCUT2D eigenvalue weighted by Gasteiger charge is -2.25. The summed E-state index contributed by atoms with van der Waals surface area (Å²) in [5, 5.41) is 8.17. The van der Waals surface area contributed by atoms with Crippen molar-refractivity contribution in [3.8, 4) is 0 Å². The van der Waals surface area contributed by atoms with Crippen LogP contribution < -0.4 is 4.90 Å². The van der Waals surface area contributed by atoms with Crippen LogP contribution in [0.4, 0.5) is 5.13 Å². The molecule has 1 aliphatic heterocycles. The SMILES string of the molecule is S=c1[nH]nc(N2CC3CCC2C3)s1. The molecular formula is C8H11N3S2. The van der Waals surface area contributed by atoms with Crippen LogP contribution in [0.15, 0.2) is 0 Å². The number of aromatic amines is 1. The molecule has 0 spiro atoms. The first-order valence-corrected chi connectivity index (χ1v) is 5.87. The van der Waals surface area contributed by atoms with Gasteiger partial charge >= 0.3 is 0 Å². The van der Waals surface area contributed by atoms with Crippen LogP contribution in [0, 0.1) is 9.87 Å². The van der Waals surface area contributed by atoms with E-state index >= 15 is 0 Å². The lowest BCUT2D eigenvalue weighted by atomic mass is 10.1. The Morgan fingerprint density at radius 1 is 1.54 bits per heavy atom. The Hall–Kier alpha value is -0.420. The number of nitrogens with zero attached hydrogens (tertiary/aromatic N) is 2. The van der Waals surface area contributed by atoms with Crippen LogP contribution in [0.2, 0.25) is 0 Å². The summed E-state index contributed by atoms with van der Waals surface area (Å²) in [6.07, 6.45) is 4.13. The number of aromatic nitrogens is 2. The van der Waals surface area contributed by atoms with Gasteiger partial charge in [0, 0.05) is 12.6 Å². The molecular weight excluding hydrogens is 202 g/mol. The van der Waals surface area contributed by atoms with Crippen LogP contribution in [0.5, 0.6) is 0 Å². The lowest BCUT2D eigenvalue weighted by molar-refractivity contribution is 0.552. The van der Waals surface area contributed by atoms with Crippen LogP contribution in [-0.2, 0) is 0 Å². The van der Waals surface area contributed by atoms with E-state index in [-0.39, 0.29) is 0 Å². The summed E-state index contributed by atoms with van der Waals surface area (Å²) in [6, 6.07) is 0.749. The van der Waals surface area contributed by atoms with Crippen molar-refractivity contribution in [3.63, 3.8) is 0 Å². The third kappa shape index (κ3) is 1.21. The minimum atomic E-state index is 0.749. The van der Waals surface area contributed by atoms with E-state index in [1.54, 1.807) is 11.3 Å². The zero-order chi connectivity index (χ0) is 8.84. The number of rotatable bonds is 1. The second-order valence-corrected chi connectivity index (χ2v) is 5.53. The summed E-state index contributed by atoms with van der Waals surface area (Å²) in [5.74, 6) is 0.919. The molecule has 1 N–H and O–H groups in total. The molecule has 0 radical (unpaired) electrons. The minimum Gasteiger partial charge on any atom is -0.343 e. The molecule has 3 rings (SSSR count). The van der Waals surface area contributed by atoms with Gasteiger partial charge in [0.05, 0.1) is 0 Å². The highest BCUT2D eigenvalue weighted by Crippen LogP contribution is 2.40. The van der Waals surface area contributed by atoms with Crippen molar-refractivity contribution in [1.29, 1.82) is 0 Å². The van der Waals surface area contributed by atoms with Gasteiger partial charge in [-0.05, 0) is 37.4 Å². The summed E-state index contributed by atoms with van der Waals surface area (Å²) in [4.78, 5) is 2.42. The first kappa shape index (κ1) is 7.94. The molecule has 0 aromatic carbocycles. The second-order valence-electron chi connectivity index (χ2n) is 3.88. The Kier molecular flexibility index (Phi) is 1.70. The van der Waals surface area contributed by atoms with Crippen molar-refractivity contribution in [2.45, 2.75) is 25.3 Å². The third-order valence-electron chi connectivity index (χ3n) is 3.08. The lowest BCUT2D eigenvalue weighted by Crippen LogP contribution is -2.31. The molecule has 2 aliphatic rings. The molecule has 70 valence electrons. The van der Waals surface area contributed by atoms with E-state index < -0.39 is 0 Å². The normalized spacial score (nSPS) is 31.5. The molecule has 1 aliphatic carbocycles. The first-order valence-electron chi connectivity index (χ1n) is 4.65. The van der Waals surface area contributed by atoms with Crippen LogP contribution in [-0.4, -0.2) is 22.8 Å². The van der Waals surface area contributed by atoms with Gasteiger partial charge in [-0.3, -0.25) is 5.10 Å². The van der Waals surface area contributed by atoms with Crippen molar-refractivity contribution in [3.05, 3.63) is 3.95 Å². The third-order valence-corrected chi connectivity index (χ3v) is 4.21. The molecule has 5 heteroatoms. The summed E-state index contributed by atoms with van der Waals surface area (Å²) in [6.45, 7) is 1.20. The number of piperidine rings is 1. The van der Waals surface area contributed by atoms with Gasteiger partial charge in [0.1, 0.15) is 0 Å². The topological polar surface area (TPSA) is 31.9 Å². The fraction of sp³-hybridized carbons (Fsp3) is 0.750. The zero-order valence-corrected chi connectivity index (χ0v) is 8.83. The van der Waals surface area contributed by atoms with Crippen molar-refractivity contribution >= 4 is 28.7 Å². The van der Waals surface area contributed by atoms with Gasteiger partial charge in [0.15, 0.2) is 3.95 Å². The van der Waals surface area contributed by atoms with E-state index in [2.05, 4.69) is 15.1 Å². The van der Waals surface area contributed by atoms with Crippen LogP contribution in [0.1, 0.15) is 19.3 Å². The second kappa shape index (κ2) is 2.78. The van der Waals surface area contributed by atoms with Crippen LogP contribution >= 0.6 is 23.6 Å². The van der Waals surface area contributed by atoms with Gasteiger partial charge < -0.3 is 4.90 Å². The maximum atomic E-state index is 5.03. The Bertz CT molecular complexity index is 369. The molecule has 1 aromatic rings. The number of nitrogens with one attached hydrogen (secondary N) is 1. The molecule has 1 saturated carbocycles. The highest BCUT2D eigenvalue weighted by Gasteiger charge is 2.38. The average Bonchev–Trinajstić information content (AvgIpc) is 2.77. The zero-order valence-electron chi connectivity index (χ0n) is 7.19. The Balaban J connectivity index is 1.91. The van der Waals surface area contributed by atoms with Crippen molar-refractivity contribution in [2.24, 2.45) is 5.92 Å². The van der Waals surface area contributed by atoms with Gasteiger partial charge in [-0.25, -0.2) is 0 Å². The smallest absolute Gasteiger partial charge is 0.207 e. The van der Waals surface area contributed by atoms with Crippen LogP contribution in [0.25, 0.3) is 0 Å². The summed E-state index contributed by atoms with van der Waals surface area (Å²) >= 11 is 6.63. The van der Waals surface area contributed by atoms with Gasteiger partial charge in [0.25, 0.3) is 0 Å². The Labute approximate surface area is 85.8 Å². The van der Waals surface area contributed by atoms with E-state index in [0.717, 1.165) is 21.0 Å². The standard InChI is InChI=1S/C8H11N3S2/c12-8-10-9-7(13-8)11-4-5-1-2-6(11)3-5/h5-6H,1-4H2,(H,10,12). The number of hydrogen-bond donors (Lipinski definition) is 1. The maximum absolute atomic E-state index is 5.03. The minimum absolute atomic E-state index is 0.749. The van der Waals surface area contributed by atoms with Crippen molar-refractivity contribution in [1.82, 2.24) is 10.2 Å². The molecule has 3 nitrogen and oxygen atoms in total. The van der Waals surface area contributed by atoms with Crippen LogP contribution in [0.3, 0.4) is 0 Å². The van der Waals surface area contributed by atoms with E-state index in [1.165, 1.54) is 25.8 Å². The highest BCUT2D eigenvalue weighted by atomic mass is 32.1. The Morgan fingerprint density at radius 3 is 3.00 bits per heavy atom. The molecule has 2 bridgehead atoms. The Morgan fingerprint density at radius 2 is 2.46 bits per heavy atom. The number of fused-ring (bicyclic) bond motifs is 2. The molecule has 2 unspecified atom stereocenters. The van der Waals surface area contributed by atoms with E-state index in [4.69, 9.17) is 12.2 Å². The summed E-state index contributed by atoms with van der Waals surface area (Å²) in [7, 11) is 0. The van der Waals surface area contributed by atoms with Gasteiger partial charge in [-0.1, -0.05) is 11.3 Å². The monoisotopic (exact) mass is 213 g/mol. The average molecular weight is 213 g/mol. The molecule has 13 heavy (non-hydrogen) atoms. The summed E-state index contributed by atoms with van der Waals surface area (Å²) < 4.78 is 0.790. The molecule has 1 aromatic heterocycles. The molecule has 1 saturated heterocycles. The number of anilines is 1. The predicted molar refractivity (Wildman–Crippen MR) is 55.8 cm³/mol. The fourth-order valence-electron chi connectivity index (χ4n) is 2.50. The number of H-pyrrole nitrogens is 1. The summed E-state index contributed by atoms with van der Waals surface area (Å²) in [5.41, 5.74) is 0. The van der Waals surface area contributed by atoms with E-state index in [0.29, 0.717) is 0 Å². The first-order chi connectivity index (χ1) is 6.33. The quantitative estimate of drug-likeness (QED) is 0.726. The fourth-order valence-corrected chi connectivity index (χ4v) is 3.46. The highest BCUT2D eigenvalue weighted by molar-refractivity contribution is 7.73. The molecule has 2 fully saturated rings. The van der Waals surface area contributed by atoms with Crippen molar-refractivity contribution in [2.75, 3.05) is 11.4 Å². The van der Waals surface area contributed by atoms with Gasteiger partial charge in [0.2, 0.25) is 5.13 Å².